The van der Waals surface area contributed by atoms with E-state index in [2.05, 4.69) is 6.92 Å². The summed E-state index contributed by atoms with van der Waals surface area (Å²) < 4.78 is 0. The van der Waals surface area contributed by atoms with Crippen LogP contribution in [0.5, 0.6) is 0 Å². The van der Waals surface area contributed by atoms with Crippen LogP contribution in [0.15, 0.2) is 16.5 Å². The summed E-state index contributed by atoms with van der Waals surface area (Å²) in [5.41, 5.74) is 0.583. The maximum atomic E-state index is 10.5. The summed E-state index contributed by atoms with van der Waals surface area (Å²) in [4.78, 5) is 18.6. The Hall–Kier alpha value is -1.90. The number of rotatable bonds is 5. The first-order chi connectivity index (χ1) is 7.54. The van der Waals surface area contributed by atoms with Crippen molar-refractivity contribution >= 4 is 5.97 Å². The lowest BCUT2D eigenvalue weighted by molar-refractivity contribution is -0.132. The van der Waals surface area contributed by atoms with Gasteiger partial charge in [-0.3, -0.25) is 0 Å². The number of carboxylic acid groups (broad SMARTS) is 1. The van der Waals surface area contributed by atoms with Crippen LogP contribution in [-0.2, 0) is 4.79 Å². The molecule has 0 aliphatic rings. The lowest BCUT2D eigenvalue weighted by atomic mass is 10.0. The molecule has 90 valence electrons. The summed E-state index contributed by atoms with van der Waals surface area (Å²) in [6.07, 6.45) is 3.85. The Morgan fingerprint density at radius 2 is 1.94 bits per heavy atom. The van der Waals surface area contributed by atoms with Gasteiger partial charge in [0.2, 0.25) is 0 Å². The first kappa shape index (κ1) is 16.5. The average Bonchev–Trinajstić information content (AvgIpc) is 2.19. The molecule has 0 spiro atoms. The van der Waals surface area contributed by atoms with E-state index < -0.39 is 5.97 Å². The van der Waals surface area contributed by atoms with E-state index in [9.17, 15) is 4.79 Å². The van der Waals surface area contributed by atoms with E-state index in [1.165, 1.54) is 5.34 Å². The molecular formula is C10H16N2O4. The third kappa shape index (κ3) is 8.69. The number of allylic oxidation sites excluding steroid dienone is 1. The maximum absolute atomic E-state index is 10.5. The molecule has 0 amide bonds. The van der Waals surface area contributed by atoms with Gasteiger partial charge in [-0.05, 0) is 25.3 Å². The number of nitriles is 1. The van der Waals surface area contributed by atoms with Crippen molar-refractivity contribution in [2.45, 2.75) is 39.5 Å². The molecule has 0 aromatic heterocycles. The maximum Gasteiger partial charge on any atom is 0.346 e. The summed E-state index contributed by atoms with van der Waals surface area (Å²) in [7, 11) is 0. The molecule has 0 bridgehead atoms. The van der Waals surface area contributed by atoms with Gasteiger partial charge in [0, 0.05) is 0 Å². The normalized spacial score (nSPS) is 10.3. The fourth-order valence-electron chi connectivity index (χ4n) is 1.09. The van der Waals surface area contributed by atoms with Crippen molar-refractivity contribution in [3.8, 4) is 6.07 Å². The topological polar surface area (TPSA) is 111 Å². The molecule has 0 saturated carbocycles. The third-order valence-corrected chi connectivity index (χ3v) is 1.91. The van der Waals surface area contributed by atoms with Gasteiger partial charge in [0.05, 0.1) is 0 Å². The Balaban J connectivity index is 0. The van der Waals surface area contributed by atoms with Crippen molar-refractivity contribution in [3.63, 3.8) is 0 Å². The van der Waals surface area contributed by atoms with Gasteiger partial charge in [-0.2, -0.15) is 5.26 Å². The molecule has 0 aromatic carbocycles. The average molecular weight is 228 g/mol. The zero-order valence-electron chi connectivity index (χ0n) is 9.43. The standard InChI is InChI=1S/C10H15NO2.HNO2/c1-3-4-5-6-8(2)9(7-11)10(12)13;2-1-3/h3-6H2,1-2H3,(H,12,13);(H,2,3). The molecule has 0 radical (unpaired) electrons. The van der Waals surface area contributed by atoms with E-state index in [0.29, 0.717) is 12.0 Å². The molecular weight excluding hydrogens is 212 g/mol. The van der Waals surface area contributed by atoms with E-state index in [0.717, 1.165) is 19.3 Å². The predicted octanol–water partition coefficient (Wildman–Crippen LogP) is 2.63. The van der Waals surface area contributed by atoms with E-state index in [1.807, 2.05) is 0 Å². The van der Waals surface area contributed by atoms with Crippen LogP contribution in [0.4, 0.5) is 0 Å². The highest BCUT2D eigenvalue weighted by Crippen LogP contribution is 2.12. The van der Waals surface area contributed by atoms with E-state index in [4.69, 9.17) is 20.5 Å². The molecule has 0 saturated heterocycles. The quantitative estimate of drug-likeness (QED) is 0.247. The number of carboxylic acids is 1. The minimum absolute atomic E-state index is 0.101. The molecule has 0 unspecified atom stereocenters. The molecule has 6 heteroatoms. The predicted molar refractivity (Wildman–Crippen MR) is 57.7 cm³/mol. The Morgan fingerprint density at radius 1 is 1.44 bits per heavy atom. The number of carbonyl (C=O) groups is 1. The lowest BCUT2D eigenvalue weighted by Gasteiger charge is -2.00. The Kier molecular flexibility index (Phi) is 11.5. The fraction of sp³-hybridized carbons (Fsp3) is 0.600. The van der Waals surface area contributed by atoms with Gasteiger partial charge >= 0.3 is 5.97 Å². The van der Waals surface area contributed by atoms with Crippen molar-refractivity contribution < 1.29 is 15.1 Å². The second-order valence-corrected chi connectivity index (χ2v) is 3.11. The zero-order valence-corrected chi connectivity index (χ0v) is 9.43. The monoisotopic (exact) mass is 228 g/mol. The molecule has 6 nitrogen and oxygen atoms in total. The molecule has 0 fully saturated rings. The summed E-state index contributed by atoms with van der Waals surface area (Å²) in [6.45, 7) is 3.80. The highest BCUT2D eigenvalue weighted by molar-refractivity contribution is 5.91. The van der Waals surface area contributed by atoms with E-state index in [1.54, 1.807) is 13.0 Å². The van der Waals surface area contributed by atoms with Crippen molar-refractivity contribution in [1.29, 1.82) is 5.26 Å². The number of hydrogen-bond donors (Lipinski definition) is 2. The molecule has 16 heavy (non-hydrogen) atoms. The largest absolute Gasteiger partial charge is 0.477 e. The van der Waals surface area contributed by atoms with Gasteiger partial charge in [0.1, 0.15) is 11.6 Å². The highest BCUT2D eigenvalue weighted by Gasteiger charge is 2.09. The minimum atomic E-state index is -1.11. The third-order valence-electron chi connectivity index (χ3n) is 1.91. The minimum Gasteiger partial charge on any atom is -0.477 e. The first-order valence-corrected chi connectivity index (χ1v) is 4.84. The second-order valence-electron chi connectivity index (χ2n) is 3.11. The van der Waals surface area contributed by atoms with Crippen LogP contribution in [-0.4, -0.2) is 16.3 Å². The van der Waals surface area contributed by atoms with Crippen molar-refractivity contribution in [2.75, 3.05) is 0 Å². The van der Waals surface area contributed by atoms with Crippen molar-refractivity contribution in [2.24, 2.45) is 5.34 Å². The Labute approximate surface area is 94.1 Å². The van der Waals surface area contributed by atoms with Crippen LogP contribution in [0.25, 0.3) is 0 Å². The Morgan fingerprint density at radius 3 is 2.25 bits per heavy atom. The molecule has 0 aliphatic heterocycles. The van der Waals surface area contributed by atoms with Crippen molar-refractivity contribution in [3.05, 3.63) is 16.1 Å². The second kappa shape index (κ2) is 11.2. The summed E-state index contributed by atoms with van der Waals surface area (Å²) >= 11 is 0. The van der Waals surface area contributed by atoms with Crippen LogP contribution >= 0.6 is 0 Å². The van der Waals surface area contributed by atoms with Gasteiger partial charge in [-0.25, -0.2) is 4.79 Å². The lowest BCUT2D eigenvalue weighted by Crippen LogP contribution is -2.01. The summed E-state index contributed by atoms with van der Waals surface area (Å²) in [5.74, 6) is -1.11. The number of aliphatic carboxylic acids is 1. The smallest absolute Gasteiger partial charge is 0.346 e. The molecule has 0 heterocycles. The van der Waals surface area contributed by atoms with Gasteiger partial charge in [-0.15, -0.1) is 4.91 Å². The van der Waals surface area contributed by atoms with Gasteiger partial charge in [0.15, 0.2) is 5.34 Å². The van der Waals surface area contributed by atoms with Gasteiger partial charge in [-0.1, -0.05) is 19.8 Å². The van der Waals surface area contributed by atoms with Crippen LogP contribution in [0, 0.1) is 16.2 Å². The molecule has 0 atom stereocenters. The number of nitrogens with zero attached hydrogens (tertiary/aromatic N) is 2. The molecule has 2 N–H and O–H groups in total. The summed E-state index contributed by atoms with van der Waals surface area (Å²) in [5, 5.41) is 25.0. The number of hydrogen-bond acceptors (Lipinski definition) is 4. The zero-order chi connectivity index (χ0) is 13.0. The van der Waals surface area contributed by atoms with Crippen LogP contribution in [0.2, 0.25) is 0 Å². The van der Waals surface area contributed by atoms with Gasteiger partial charge in [0.25, 0.3) is 0 Å². The van der Waals surface area contributed by atoms with Gasteiger partial charge < -0.3 is 10.3 Å². The molecule has 0 aliphatic carbocycles. The van der Waals surface area contributed by atoms with Crippen LogP contribution in [0.1, 0.15) is 39.5 Å². The van der Waals surface area contributed by atoms with E-state index >= 15 is 0 Å². The highest BCUT2D eigenvalue weighted by atomic mass is 16.6. The number of unbranched alkanes of at least 4 members (excludes halogenated alkanes) is 2. The van der Waals surface area contributed by atoms with Crippen LogP contribution in [0.3, 0.4) is 0 Å². The molecule has 0 aromatic rings. The van der Waals surface area contributed by atoms with Crippen LogP contribution < -0.4 is 0 Å². The van der Waals surface area contributed by atoms with E-state index in [-0.39, 0.29) is 5.57 Å². The van der Waals surface area contributed by atoms with Crippen molar-refractivity contribution in [1.82, 2.24) is 0 Å². The first-order valence-electron chi connectivity index (χ1n) is 4.84. The summed E-state index contributed by atoms with van der Waals surface area (Å²) in [6, 6.07) is 1.71. The SMILES string of the molecule is CCCCCC(C)=C(C#N)C(=O)O.O=NO. The fourth-order valence-corrected chi connectivity index (χ4v) is 1.09. The molecule has 0 rings (SSSR count). The Bertz CT molecular complexity index is 292.